The van der Waals surface area contributed by atoms with Crippen molar-refractivity contribution in [2.24, 2.45) is 0 Å². The molecule has 120 valence electrons. The van der Waals surface area contributed by atoms with Crippen LogP contribution in [0.2, 0.25) is 0 Å². The molecule has 2 fully saturated rings. The molecule has 20 heavy (non-hydrogen) atoms. The predicted octanol–water partition coefficient (Wildman–Crippen LogP) is -1.58. The Balaban J connectivity index is 0.00000200. The summed E-state index contributed by atoms with van der Waals surface area (Å²) >= 11 is 0. The molecule has 0 aromatic carbocycles. The number of hydrogen-bond donors (Lipinski definition) is 2. The van der Waals surface area contributed by atoms with E-state index in [0.717, 1.165) is 32.4 Å². The number of rotatable bonds is 6. The van der Waals surface area contributed by atoms with Gasteiger partial charge in [-0.1, -0.05) is 0 Å². The van der Waals surface area contributed by atoms with Gasteiger partial charge in [-0.2, -0.15) is 0 Å². The topological polar surface area (TPSA) is 95.6 Å². The summed E-state index contributed by atoms with van der Waals surface area (Å²) in [5.74, 6) is -0.118. The molecule has 2 aliphatic rings. The van der Waals surface area contributed by atoms with E-state index in [2.05, 4.69) is 14.9 Å². The summed E-state index contributed by atoms with van der Waals surface area (Å²) in [7, 11) is -6.52. The molecular formula is C10H22ClN3O4S2. The molecule has 0 spiro atoms. The average Bonchev–Trinajstić information content (AvgIpc) is 3.08. The smallest absolute Gasteiger partial charge is 0.208 e. The molecule has 1 saturated carbocycles. The van der Waals surface area contributed by atoms with Crippen LogP contribution in [0.4, 0.5) is 0 Å². The Kier molecular flexibility index (Phi) is 6.24. The summed E-state index contributed by atoms with van der Waals surface area (Å²) in [6.45, 7) is 3.54. The highest BCUT2D eigenvalue weighted by atomic mass is 35.5. The first-order chi connectivity index (χ1) is 8.80. The van der Waals surface area contributed by atoms with Gasteiger partial charge in [0.05, 0.1) is 17.3 Å². The lowest BCUT2D eigenvalue weighted by atomic mass is 10.3. The maximum absolute atomic E-state index is 12.1. The van der Waals surface area contributed by atoms with E-state index in [-0.39, 0.29) is 36.0 Å². The van der Waals surface area contributed by atoms with Crippen molar-refractivity contribution in [3.05, 3.63) is 0 Å². The van der Waals surface area contributed by atoms with Gasteiger partial charge in [-0.25, -0.2) is 21.6 Å². The van der Waals surface area contributed by atoms with Crippen molar-refractivity contribution >= 4 is 32.3 Å². The molecule has 1 saturated heterocycles. The van der Waals surface area contributed by atoms with Crippen LogP contribution in [0.5, 0.6) is 0 Å². The highest BCUT2D eigenvalue weighted by Gasteiger charge is 2.49. The number of hydrogen-bond acceptors (Lipinski definition) is 6. The van der Waals surface area contributed by atoms with E-state index in [9.17, 15) is 16.8 Å². The van der Waals surface area contributed by atoms with Gasteiger partial charge in [0, 0.05) is 38.8 Å². The molecule has 2 atom stereocenters. The minimum Gasteiger partial charge on any atom is -0.314 e. The standard InChI is InChI=1S/C10H21N3O4S2.ClH/c1-18(14,15)12-4-7-19(16,17)10-8-9(10)13-5-2-11-3-6-13;/h9-12H,2-8H2,1H3;1H. The van der Waals surface area contributed by atoms with E-state index in [4.69, 9.17) is 0 Å². The third kappa shape index (κ3) is 5.12. The van der Waals surface area contributed by atoms with Crippen LogP contribution in [0, 0.1) is 0 Å². The monoisotopic (exact) mass is 347 g/mol. The SMILES string of the molecule is CS(=O)(=O)NCCS(=O)(=O)C1CC1N1CCNCC1.Cl. The van der Waals surface area contributed by atoms with Gasteiger partial charge in [-0.15, -0.1) is 12.4 Å². The number of sulfone groups is 1. The van der Waals surface area contributed by atoms with Crippen LogP contribution in [0.25, 0.3) is 0 Å². The summed E-state index contributed by atoms with van der Waals surface area (Å²) in [6.07, 6.45) is 1.71. The van der Waals surface area contributed by atoms with Crippen molar-refractivity contribution in [2.45, 2.75) is 17.7 Å². The van der Waals surface area contributed by atoms with Crippen molar-refractivity contribution in [1.29, 1.82) is 0 Å². The second-order valence-electron chi connectivity index (χ2n) is 5.16. The fourth-order valence-electron chi connectivity index (χ4n) is 2.46. The van der Waals surface area contributed by atoms with Crippen molar-refractivity contribution in [3.63, 3.8) is 0 Å². The largest absolute Gasteiger partial charge is 0.314 e. The first-order valence-corrected chi connectivity index (χ1v) is 10.0. The van der Waals surface area contributed by atoms with Crippen molar-refractivity contribution in [3.8, 4) is 0 Å². The molecule has 1 aliphatic carbocycles. The van der Waals surface area contributed by atoms with E-state index in [1.807, 2.05) is 0 Å². The zero-order chi connectivity index (χ0) is 14.1. The number of piperazine rings is 1. The molecule has 1 heterocycles. The summed E-state index contributed by atoms with van der Waals surface area (Å²) in [5.41, 5.74) is 0. The van der Waals surface area contributed by atoms with Crippen molar-refractivity contribution in [1.82, 2.24) is 14.9 Å². The van der Waals surface area contributed by atoms with Gasteiger partial charge in [-0.05, 0) is 6.42 Å². The molecule has 0 aromatic rings. The third-order valence-electron chi connectivity index (χ3n) is 3.53. The fraction of sp³-hybridized carbons (Fsp3) is 1.00. The predicted molar refractivity (Wildman–Crippen MR) is 80.5 cm³/mol. The van der Waals surface area contributed by atoms with E-state index < -0.39 is 19.9 Å². The minimum absolute atomic E-state index is 0. The van der Waals surface area contributed by atoms with E-state index in [1.165, 1.54) is 0 Å². The summed E-state index contributed by atoms with van der Waals surface area (Å²) in [6, 6.07) is 0.130. The van der Waals surface area contributed by atoms with Gasteiger partial charge in [0.25, 0.3) is 0 Å². The second-order valence-corrected chi connectivity index (χ2v) is 9.33. The van der Waals surface area contributed by atoms with E-state index >= 15 is 0 Å². The van der Waals surface area contributed by atoms with Gasteiger partial charge in [0.1, 0.15) is 0 Å². The highest BCUT2D eigenvalue weighted by molar-refractivity contribution is 7.92. The molecule has 2 unspecified atom stereocenters. The first kappa shape index (κ1) is 18.1. The molecule has 1 aliphatic heterocycles. The maximum atomic E-state index is 12.1. The quantitative estimate of drug-likeness (QED) is 0.602. The van der Waals surface area contributed by atoms with Crippen LogP contribution < -0.4 is 10.0 Å². The van der Waals surface area contributed by atoms with E-state index in [1.54, 1.807) is 0 Å². The Morgan fingerprint density at radius 2 is 1.80 bits per heavy atom. The Morgan fingerprint density at radius 1 is 1.20 bits per heavy atom. The van der Waals surface area contributed by atoms with Crippen LogP contribution in [-0.2, 0) is 19.9 Å². The average molecular weight is 348 g/mol. The van der Waals surface area contributed by atoms with Gasteiger partial charge in [-0.3, -0.25) is 4.90 Å². The number of halogens is 1. The number of sulfonamides is 1. The van der Waals surface area contributed by atoms with Gasteiger partial charge in [0.15, 0.2) is 9.84 Å². The summed E-state index contributed by atoms with van der Waals surface area (Å²) in [5, 5.41) is 2.92. The Bertz CT molecular complexity index is 517. The molecule has 10 heteroatoms. The summed E-state index contributed by atoms with van der Waals surface area (Å²) < 4.78 is 48.1. The van der Waals surface area contributed by atoms with Crippen LogP contribution in [0.1, 0.15) is 6.42 Å². The van der Waals surface area contributed by atoms with Gasteiger partial charge >= 0.3 is 0 Å². The van der Waals surface area contributed by atoms with Crippen LogP contribution in [-0.4, -0.2) is 77.8 Å². The molecule has 2 rings (SSSR count). The maximum Gasteiger partial charge on any atom is 0.208 e. The first-order valence-electron chi connectivity index (χ1n) is 6.40. The molecule has 0 bridgehead atoms. The summed E-state index contributed by atoms with van der Waals surface area (Å²) in [4.78, 5) is 2.21. The van der Waals surface area contributed by atoms with Crippen LogP contribution in [0.15, 0.2) is 0 Å². The molecule has 0 aromatic heterocycles. The lowest BCUT2D eigenvalue weighted by molar-refractivity contribution is 0.232. The zero-order valence-corrected chi connectivity index (χ0v) is 13.9. The second kappa shape index (κ2) is 6.89. The molecule has 2 N–H and O–H groups in total. The minimum atomic E-state index is -3.32. The van der Waals surface area contributed by atoms with Crippen LogP contribution in [0.3, 0.4) is 0 Å². The fourth-order valence-corrected chi connectivity index (χ4v) is 4.90. The highest BCUT2D eigenvalue weighted by Crippen LogP contribution is 2.35. The lowest BCUT2D eigenvalue weighted by Gasteiger charge is -2.27. The Labute approximate surface area is 126 Å². The normalized spacial score (nSPS) is 27.9. The van der Waals surface area contributed by atoms with Gasteiger partial charge in [0.2, 0.25) is 10.0 Å². The Hall–Kier alpha value is 0.0700. The van der Waals surface area contributed by atoms with Crippen molar-refractivity contribution < 1.29 is 16.8 Å². The molecule has 0 amide bonds. The number of nitrogens with one attached hydrogen (secondary N) is 2. The third-order valence-corrected chi connectivity index (χ3v) is 6.46. The zero-order valence-electron chi connectivity index (χ0n) is 11.4. The number of nitrogens with zero attached hydrogens (tertiary/aromatic N) is 1. The Morgan fingerprint density at radius 3 is 2.35 bits per heavy atom. The van der Waals surface area contributed by atoms with Crippen molar-refractivity contribution in [2.75, 3.05) is 44.7 Å². The molecule has 0 radical (unpaired) electrons. The van der Waals surface area contributed by atoms with Crippen LogP contribution >= 0.6 is 12.4 Å². The molecular weight excluding hydrogens is 326 g/mol. The van der Waals surface area contributed by atoms with Gasteiger partial charge < -0.3 is 5.32 Å². The van der Waals surface area contributed by atoms with E-state index in [0.29, 0.717) is 6.42 Å². The lowest BCUT2D eigenvalue weighted by Crippen LogP contribution is -2.46. The molecule has 7 nitrogen and oxygen atoms in total.